The number of ether oxygens (including phenoxy) is 2. The maximum atomic E-state index is 13.5. The van der Waals surface area contributed by atoms with Crippen LogP contribution in [0.5, 0.6) is 11.5 Å². The van der Waals surface area contributed by atoms with Crippen molar-refractivity contribution < 1.29 is 17.9 Å². The molecule has 1 aromatic heterocycles. The first-order valence-electron chi connectivity index (χ1n) is 12.1. The van der Waals surface area contributed by atoms with E-state index in [9.17, 15) is 8.42 Å². The highest BCUT2D eigenvalue weighted by molar-refractivity contribution is 7.92. The smallest absolute Gasteiger partial charge is 0.232 e. The number of nitrogens with zero attached hydrogens (tertiary/aromatic N) is 2. The van der Waals surface area contributed by atoms with Crippen LogP contribution >= 0.6 is 0 Å². The van der Waals surface area contributed by atoms with Crippen molar-refractivity contribution in [2.45, 2.75) is 6.54 Å². The maximum Gasteiger partial charge on any atom is 0.232 e. The first kappa shape index (κ1) is 25.3. The van der Waals surface area contributed by atoms with Crippen LogP contribution in [0, 0.1) is 0 Å². The van der Waals surface area contributed by atoms with E-state index in [0.717, 1.165) is 27.6 Å². The summed E-state index contributed by atoms with van der Waals surface area (Å²) < 4.78 is 39.4. The molecule has 0 aliphatic carbocycles. The van der Waals surface area contributed by atoms with Crippen LogP contribution in [0.25, 0.3) is 33.3 Å². The fourth-order valence-corrected chi connectivity index (χ4v) is 5.54. The molecule has 38 heavy (non-hydrogen) atoms. The zero-order valence-corrected chi connectivity index (χ0v) is 22.3. The minimum Gasteiger partial charge on any atom is -0.493 e. The first-order chi connectivity index (χ1) is 18.4. The lowest BCUT2D eigenvalue weighted by Crippen LogP contribution is -2.30. The Morgan fingerprint density at radius 1 is 0.737 bits per heavy atom. The second-order valence-corrected chi connectivity index (χ2v) is 10.8. The molecule has 0 atom stereocenters. The van der Waals surface area contributed by atoms with Crippen LogP contribution in [-0.4, -0.2) is 33.9 Å². The molecule has 0 amide bonds. The van der Waals surface area contributed by atoms with Gasteiger partial charge in [0, 0.05) is 16.5 Å². The Balaban J connectivity index is 1.90. The van der Waals surface area contributed by atoms with E-state index in [1.54, 1.807) is 14.2 Å². The van der Waals surface area contributed by atoms with Crippen LogP contribution in [0.3, 0.4) is 0 Å². The Morgan fingerprint density at radius 3 is 2.03 bits per heavy atom. The highest BCUT2D eigenvalue weighted by atomic mass is 32.2. The Morgan fingerprint density at radius 2 is 1.37 bits per heavy atom. The molecule has 0 radical (unpaired) electrons. The van der Waals surface area contributed by atoms with Gasteiger partial charge in [-0.2, -0.15) is 0 Å². The summed E-state index contributed by atoms with van der Waals surface area (Å²) >= 11 is 0. The minimum absolute atomic E-state index is 0.179. The number of fused-ring (bicyclic) bond motifs is 1. The molecule has 0 unspecified atom stereocenters. The lowest BCUT2D eigenvalue weighted by molar-refractivity contribution is 0.355. The average molecular weight is 525 g/mol. The quantitative estimate of drug-likeness (QED) is 0.230. The van der Waals surface area contributed by atoms with Crippen molar-refractivity contribution in [1.82, 2.24) is 4.98 Å². The second kappa shape index (κ2) is 10.6. The van der Waals surface area contributed by atoms with Crippen LogP contribution in [0.15, 0.2) is 103 Å². The molecule has 0 aliphatic rings. The van der Waals surface area contributed by atoms with Gasteiger partial charge < -0.3 is 9.47 Å². The summed E-state index contributed by atoms with van der Waals surface area (Å²) in [4.78, 5) is 5.07. The van der Waals surface area contributed by atoms with Crippen LogP contribution in [0.1, 0.15) is 5.56 Å². The molecule has 0 fully saturated rings. The molecule has 0 bridgehead atoms. The summed E-state index contributed by atoms with van der Waals surface area (Å²) in [7, 11) is -0.522. The number of methoxy groups -OCH3 is 2. The molecule has 0 saturated carbocycles. The van der Waals surface area contributed by atoms with E-state index in [0.29, 0.717) is 28.4 Å². The fraction of sp³-hybridized carbons (Fsp3) is 0.129. The van der Waals surface area contributed by atoms with E-state index in [2.05, 4.69) is 0 Å². The summed E-state index contributed by atoms with van der Waals surface area (Å²) in [6.45, 7) is 0.179. The van der Waals surface area contributed by atoms with Gasteiger partial charge in [-0.25, -0.2) is 13.4 Å². The minimum atomic E-state index is -3.70. The van der Waals surface area contributed by atoms with E-state index in [4.69, 9.17) is 14.5 Å². The summed E-state index contributed by atoms with van der Waals surface area (Å²) in [6.07, 6.45) is 1.25. The SMILES string of the molecule is COc1ccc(-c2nc3ccccc3c(N(Cc3ccccc3)S(C)(=O)=O)c2-c2ccccc2)cc1OC. The topological polar surface area (TPSA) is 68.7 Å². The third-order valence-corrected chi connectivity index (χ3v) is 7.52. The highest BCUT2D eigenvalue weighted by Crippen LogP contribution is 2.45. The normalized spacial score (nSPS) is 11.3. The van der Waals surface area contributed by atoms with Gasteiger partial charge in [-0.3, -0.25) is 4.31 Å². The summed E-state index contributed by atoms with van der Waals surface area (Å²) in [5, 5.41) is 0.747. The summed E-state index contributed by atoms with van der Waals surface area (Å²) in [5.41, 5.74) is 5.15. The molecule has 0 aliphatic heterocycles. The summed E-state index contributed by atoms with van der Waals surface area (Å²) in [6, 6.07) is 32.6. The zero-order chi connectivity index (χ0) is 26.7. The third-order valence-electron chi connectivity index (χ3n) is 6.40. The number of hydrogen-bond donors (Lipinski definition) is 0. The fourth-order valence-electron chi connectivity index (χ4n) is 4.64. The number of benzene rings is 4. The molecule has 4 aromatic carbocycles. The molecule has 7 heteroatoms. The molecule has 0 spiro atoms. The van der Waals surface area contributed by atoms with Crippen LogP contribution < -0.4 is 13.8 Å². The molecule has 0 saturated heterocycles. The Hall–Kier alpha value is -4.36. The Kier molecular flexibility index (Phi) is 7.03. The van der Waals surface area contributed by atoms with E-state index in [1.807, 2.05) is 103 Å². The number of para-hydroxylation sites is 1. The van der Waals surface area contributed by atoms with Gasteiger partial charge in [0.2, 0.25) is 10.0 Å². The number of sulfonamides is 1. The first-order valence-corrected chi connectivity index (χ1v) is 14.0. The molecule has 5 aromatic rings. The van der Waals surface area contributed by atoms with Crippen molar-refractivity contribution in [2.75, 3.05) is 24.8 Å². The van der Waals surface area contributed by atoms with Crippen molar-refractivity contribution in [3.05, 3.63) is 109 Å². The molecule has 6 nitrogen and oxygen atoms in total. The number of pyridine rings is 1. The lowest BCUT2D eigenvalue weighted by atomic mass is 9.94. The van der Waals surface area contributed by atoms with Crippen LogP contribution in [0.4, 0.5) is 5.69 Å². The van der Waals surface area contributed by atoms with Gasteiger partial charge in [-0.05, 0) is 35.4 Å². The molecule has 192 valence electrons. The van der Waals surface area contributed by atoms with Crippen molar-refractivity contribution in [2.24, 2.45) is 0 Å². The van der Waals surface area contributed by atoms with E-state index < -0.39 is 10.0 Å². The Labute approximate surface area is 223 Å². The molecule has 1 heterocycles. The number of rotatable bonds is 8. The van der Waals surface area contributed by atoms with Gasteiger partial charge in [0.1, 0.15) is 0 Å². The Bertz CT molecular complexity index is 1690. The predicted octanol–water partition coefficient (Wildman–Crippen LogP) is 6.55. The van der Waals surface area contributed by atoms with Gasteiger partial charge in [-0.15, -0.1) is 0 Å². The van der Waals surface area contributed by atoms with Crippen LogP contribution in [0.2, 0.25) is 0 Å². The van der Waals surface area contributed by atoms with Crippen molar-refractivity contribution >= 4 is 26.6 Å². The predicted molar refractivity (Wildman–Crippen MR) is 153 cm³/mol. The van der Waals surface area contributed by atoms with E-state index >= 15 is 0 Å². The standard InChI is InChI=1S/C31H28N2O4S/c1-36-27-19-18-24(20-28(27)37-2)30-29(23-14-8-5-9-15-23)31(25-16-10-11-17-26(25)32-30)33(38(3,34)35)21-22-12-6-4-7-13-22/h4-20H,21H2,1-3H3. The van der Waals surface area contributed by atoms with E-state index in [1.165, 1.54) is 10.6 Å². The van der Waals surface area contributed by atoms with E-state index in [-0.39, 0.29) is 6.54 Å². The molecular formula is C31H28N2O4S. The second-order valence-electron chi connectivity index (χ2n) is 8.89. The number of aromatic nitrogens is 1. The largest absolute Gasteiger partial charge is 0.493 e. The van der Waals surface area contributed by atoms with Crippen LogP contribution in [-0.2, 0) is 16.6 Å². The lowest BCUT2D eigenvalue weighted by Gasteiger charge is -2.28. The van der Waals surface area contributed by atoms with Gasteiger partial charge >= 0.3 is 0 Å². The van der Waals surface area contributed by atoms with Crippen molar-refractivity contribution in [3.8, 4) is 33.9 Å². The molecule has 0 N–H and O–H groups in total. The maximum absolute atomic E-state index is 13.5. The number of hydrogen-bond acceptors (Lipinski definition) is 5. The zero-order valence-electron chi connectivity index (χ0n) is 21.5. The number of anilines is 1. The van der Waals surface area contributed by atoms with Crippen molar-refractivity contribution in [3.63, 3.8) is 0 Å². The third kappa shape index (κ3) is 4.93. The molecule has 5 rings (SSSR count). The monoisotopic (exact) mass is 524 g/mol. The van der Waals surface area contributed by atoms with Gasteiger partial charge in [0.25, 0.3) is 0 Å². The summed E-state index contributed by atoms with van der Waals surface area (Å²) in [5.74, 6) is 1.16. The van der Waals surface area contributed by atoms with Gasteiger partial charge in [0.05, 0.1) is 43.9 Å². The highest BCUT2D eigenvalue weighted by Gasteiger charge is 2.28. The molecular weight excluding hydrogens is 496 g/mol. The van der Waals surface area contributed by atoms with Crippen molar-refractivity contribution in [1.29, 1.82) is 0 Å². The average Bonchev–Trinajstić information content (AvgIpc) is 2.95. The van der Waals surface area contributed by atoms with Gasteiger partial charge in [-0.1, -0.05) is 78.9 Å². The van der Waals surface area contributed by atoms with Gasteiger partial charge in [0.15, 0.2) is 11.5 Å².